The molecule has 0 heterocycles. The van der Waals surface area contributed by atoms with Crippen molar-refractivity contribution in [2.75, 3.05) is 6.54 Å². The van der Waals surface area contributed by atoms with Gasteiger partial charge in [-0.05, 0) is 19.1 Å². The average molecular weight is 257 g/mol. The smallest absolute Gasteiger partial charge is 0.0663 e. The third-order valence-electron chi connectivity index (χ3n) is 2.29. The molecule has 1 aromatic carbocycles. The summed E-state index contributed by atoms with van der Waals surface area (Å²) in [6, 6.07) is 5.15. The van der Waals surface area contributed by atoms with E-state index >= 15 is 0 Å². The Morgan fingerprint density at radius 3 is 2.44 bits per heavy atom. The van der Waals surface area contributed by atoms with Gasteiger partial charge in [-0.1, -0.05) is 35.2 Å². The van der Waals surface area contributed by atoms with Gasteiger partial charge < -0.3 is 5.73 Å². The maximum atomic E-state index is 6.10. The lowest BCUT2D eigenvalue weighted by molar-refractivity contribution is 0.518. The Morgan fingerprint density at radius 2 is 2.00 bits per heavy atom. The number of benzene rings is 1. The summed E-state index contributed by atoms with van der Waals surface area (Å²) in [6.45, 7) is 2.27. The highest BCUT2D eigenvalue weighted by atomic mass is 35.5. The van der Waals surface area contributed by atoms with E-state index in [-0.39, 0.29) is 12.1 Å². The molecular formula is C12H14Cl2N2. The van der Waals surface area contributed by atoms with Crippen molar-refractivity contribution < 1.29 is 0 Å². The molecule has 0 radical (unpaired) electrons. The van der Waals surface area contributed by atoms with E-state index in [1.165, 1.54) is 0 Å². The summed E-state index contributed by atoms with van der Waals surface area (Å²) < 4.78 is 0. The lowest BCUT2D eigenvalue weighted by atomic mass is 10.1. The molecule has 0 aliphatic carbocycles. The fraction of sp³-hybridized carbons (Fsp3) is 0.333. The topological polar surface area (TPSA) is 38.0 Å². The molecule has 1 aromatic rings. The highest BCUT2D eigenvalue weighted by Crippen LogP contribution is 2.29. The maximum absolute atomic E-state index is 6.10. The second kappa shape index (κ2) is 6.12. The Kier molecular flexibility index (Phi) is 5.11. The second-order valence-electron chi connectivity index (χ2n) is 3.48. The molecule has 2 atom stereocenters. The maximum Gasteiger partial charge on any atom is 0.0663 e. The van der Waals surface area contributed by atoms with E-state index < -0.39 is 0 Å². The third-order valence-corrected chi connectivity index (χ3v) is 2.94. The van der Waals surface area contributed by atoms with Gasteiger partial charge in [0.1, 0.15) is 0 Å². The molecule has 2 nitrogen and oxygen atoms in total. The van der Waals surface area contributed by atoms with Gasteiger partial charge in [0.2, 0.25) is 0 Å². The molecule has 0 bridgehead atoms. The minimum Gasteiger partial charge on any atom is -0.329 e. The van der Waals surface area contributed by atoms with E-state index in [1.807, 2.05) is 6.92 Å². The van der Waals surface area contributed by atoms with Crippen molar-refractivity contribution >= 4 is 23.2 Å². The zero-order valence-electron chi connectivity index (χ0n) is 9.00. The SMILES string of the molecule is C#CC(C)NC(CN)c1c(Cl)cccc1Cl. The lowest BCUT2D eigenvalue weighted by Crippen LogP contribution is -2.34. The molecule has 0 saturated carbocycles. The number of rotatable bonds is 4. The first-order chi connectivity index (χ1) is 7.60. The molecule has 0 saturated heterocycles. The van der Waals surface area contributed by atoms with Crippen LogP contribution in [-0.2, 0) is 0 Å². The predicted octanol–water partition coefficient (Wildman–Crippen LogP) is 2.60. The molecule has 0 aliphatic heterocycles. The van der Waals surface area contributed by atoms with Crippen LogP contribution in [0.25, 0.3) is 0 Å². The summed E-state index contributed by atoms with van der Waals surface area (Å²) in [7, 11) is 0. The third kappa shape index (κ3) is 3.13. The number of halogens is 2. The summed E-state index contributed by atoms with van der Waals surface area (Å²) in [5.74, 6) is 2.59. The fourth-order valence-electron chi connectivity index (χ4n) is 1.46. The van der Waals surface area contributed by atoms with Crippen LogP contribution in [0.5, 0.6) is 0 Å². The second-order valence-corrected chi connectivity index (χ2v) is 4.29. The number of hydrogen-bond acceptors (Lipinski definition) is 2. The molecule has 3 N–H and O–H groups in total. The van der Waals surface area contributed by atoms with Gasteiger partial charge in [-0.2, -0.15) is 0 Å². The van der Waals surface area contributed by atoms with E-state index in [2.05, 4.69) is 11.2 Å². The summed E-state index contributed by atoms with van der Waals surface area (Å²) >= 11 is 12.2. The normalized spacial score (nSPS) is 14.2. The Labute approximate surface area is 106 Å². The van der Waals surface area contributed by atoms with Crippen LogP contribution >= 0.6 is 23.2 Å². The first kappa shape index (κ1) is 13.3. The van der Waals surface area contributed by atoms with Crippen molar-refractivity contribution in [3.05, 3.63) is 33.8 Å². The van der Waals surface area contributed by atoms with Crippen LogP contribution in [0.4, 0.5) is 0 Å². The Bertz CT molecular complexity index is 378. The van der Waals surface area contributed by atoms with Crippen molar-refractivity contribution in [2.24, 2.45) is 5.73 Å². The highest BCUT2D eigenvalue weighted by molar-refractivity contribution is 6.36. The fourth-order valence-corrected chi connectivity index (χ4v) is 2.12. The largest absolute Gasteiger partial charge is 0.329 e. The van der Waals surface area contributed by atoms with Crippen LogP contribution in [0.15, 0.2) is 18.2 Å². The van der Waals surface area contributed by atoms with Crippen molar-refractivity contribution in [3.63, 3.8) is 0 Å². The van der Waals surface area contributed by atoms with Crippen LogP contribution in [0.2, 0.25) is 10.0 Å². The summed E-state index contributed by atoms with van der Waals surface area (Å²) in [4.78, 5) is 0. The van der Waals surface area contributed by atoms with Gasteiger partial charge in [0.05, 0.1) is 6.04 Å². The number of terminal acetylenes is 1. The Balaban J connectivity index is 3.00. The van der Waals surface area contributed by atoms with E-state index in [9.17, 15) is 0 Å². The van der Waals surface area contributed by atoms with Crippen molar-refractivity contribution in [3.8, 4) is 12.3 Å². The summed E-state index contributed by atoms with van der Waals surface area (Å²) in [5, 5.41) is 4.38. The quantitative estimate of drug-likeness (QED) is 0.814. The number of nitrogens with two attached hydrogens (primary N) is 1. The van der Waals surface area contributed by atoms with E-state index in [1.54, 1.807) is 18.2 Å². The van der Waals surface area contributed by atoms with E-state index in [0.717, 1.165) is 5.56 Å². The van der Waals surface area contributed by atoms with Gasteiger partial charge in [0, 0.05) is 28.2 Å². The van der Waals surface area contributed by atoms with Crippen molar-refractivity contribution in [1.82, 2.24) is 5.32 Å². The molecular weight excluding hydrogens is 243 g/mol. The van der Waals surface area contributed by atoms with E-state index in [0.29, 0.717) is 16.6 Å². The van der Waals surface area contributed by atoms with Gasteiger partial charge >= 0.3 is 0 Å². The van der Waals surface area contributed by atoms with Gasteiger partial charge in [-0.15, -0.1) is 6.42 Å². The minimum atomic E-state index is -0.132. The summed E-state index contributed by atoms with van der Waals surface area (Å²) in [5.41, 5.74) is 6.50. The van der Waals surface area contributed by atoms with Gasteiger partial charge in [0.15, 0.2) is 0 Å². The molecule has 2 unspecified atom stereocenters. The van der Waals surface area contributed by atoms with Gasteiger partial charge in [0.25, 0.3) is 0 Å². The Morgan fingerprint density at radius 1 is 1.44 bits per heavy atom. The van der Waals surface area contributed by atoms with Crippen LogP contribution in [0.3, 0.4) is 0 Å². The van der Waals surface area contributed by atoms with Crippen molar-refractivity contribution in [2.45, 2.75) is 19.0 Å². The monoisotopic (exact) mass is 256 g/mol. The average Bonchev–Trinajstić information content (AvgIpc) is 2.27. The van der Waals surface area contributed by atoms with E-state index in [4.69, 9.17) is 35.4 Å². The zero-order chi connectivity index (χ0) is 12.1. The van der Waals surface area contributed by atoms with Crippen LogP contribution in [0.1, 0.15) is 18.5 Å². The molecule has 86 valence electrons. The standard InChI is InChI=1S/C12H14Cl2N2/c1-3-8(2)16-11(7-15)12-9(13)5-4-6-10(12)14/h1,4-6,8,11,16H,7,15H2,2H3. The van der Waals surface area contributed by atoms with Gasteiger partial charge in [-0.25, -0.2) is 0 Å². The van der Waals surface area contributed by atoms with Gasteiger partial charge in [-0.3, -0.25) is 5.32 Å². The first-order valence-corrected chi connectivity index (χ1v) is 5.72. The molecule has 16 heavy (non-hydrogen) atoms. The van der Waals surface area contributed by atoms with Crippen LogP contribution < -0.4 is 11.1 Å². The molecule has 0 spiro atoms. The predicted molar refractivity (Wildman–Crippen MR) is 69.7 cm³/mol. The minimum absolute atomic E-state index is 0.0825. The van der Waals surface area contributed by atoms with Crippen LogP contribution in [-0.4, -0.2) is 12.6 Å². The molecule has 0 aliphatic rings. The first-order valence-electron chi connectivity index (χ1n) is 4.96. The summed E-state index contributed by atoms with van der Waals surface area (Å²) in [6.07, 6.45) is 5.31. The zero-order valence-corrected chi connectivity index (χ0v) is 10.5. The molecule has 0 fully saturated rings. The van der Waals surface area contributed by atoms with Crippen LogP contribution in [0, 0.1) is 12.3 Å². The molecule has 0 amide bonds. The molecule has 4 heteroatoms. The lowest BCUT2D eigenvalue weighted by Gasteiger charge is -2.21. The molecule has 0 aromatic heterocycles. The number of hydrogen-bond donors (Lipinski definition) is 2. The molecule has 1 rings (SSSR count). The highest BCUT2D eigenvalue weighted by Gasteiger charge is 2.17. The van der Waals surface area contributed by atoms with Crippen molar-refractivity contribution in [1.29, 1.82) is 0 Å². The number of nitrogens with one attached hydrogen (secondary N) is 1. The Hall–Kier alpha value is -0.720.